The fourth-order valence-electron chi connectivity index (χ4n) is 3.72. The predicted octanol–water partition coefficient (Wildman–Crippen LogP) is 3.46. The standard InChI is InChI=1S/C22H27BrFN3O4S/c1-15-12-27(16(2)11-26(15)13-17-4-7-19(24)8-5-17)22(28)14-31-21-9-6-18(23)10-20(21)25-32(3,29)30/h4-10,15-16,25H,11-14H2,1-3H3/t15-,16+/m0/s1. The Morgan fingerprint density at radius 2 is 1.84 bits per heavy atom. The van der Waals surface area contributed by atoms with E-state index in [0.29, 0.717) is 24.1 Å². The van der Waals surface area contributed by atoms with Crippen LogP contribution in [0.3, 0.4) is 0 Å². The SMILES string of the molecule is C[C@@H]1CN(Cc2ccc(F)cc2)[C@@H](C)CN1C(=O)COc1ccc(Br)cc1NS(C)(=O)=O. The number of sulfonamides is 1. The number of rotatable bonds is 7. The number of carbonyl (C=O) groups is 1. The number of nitrogens with one attached hydrogen (secondary N) is 1. The number of hydrogen-bond donors (Lipinski definition) is 1. The van der Waals surface area contributed by atoms with Crippen LogP contribution in [0.1, 0.15) is 19.4 Å². The second kappa shape index (κ2) is 10.2. The van der Waals surface area contributed by atoms with E-state index in [2.05, 4.69) is 32.5 Å². The van der Waals surface area contributed by atoms with Crippen LogP contribution in [0, 0.1) is 5.82 Å². The number of carbonyl (C=O) groups excluding carboxylic acids is 1. The quantitative estimate of drug-likeness (QED) is 0.596. The molecule has 10 heteroatoms. The van der Waals surface area contributed by atoms with Gasteiger partial charge in [-0.1, -0.05) is 28.1 Å². The lowest BCUT2D eigenvalue weighted by Gasteiger charge is -2.44. The molecule has 0 radical (unpaired) electrons. The van der Waals surface area contributed by atoms with E-state index in [0.717, 1.165) is 11.8 Å². The second-order valence-corrected chi connectivity index (χ2v) is 10.8. The van der Waals surface area contributed by atoms with E-state index in [1.165, 1.54) is 12.1 Å². The Balaban J connectivity index is 1.61. The van der Waals surface area contributed by atoms with Crippen molar-refractivity contribution in [2.45, 2.75) is 32.5 Å². The van der Waals surface area contributed by atoms with Gasteiger partial charge in [0.2, 0.25) is 10.0 Å². The molecular formula is C22H27BrFN3O4S. The van der Waals surface area contributed by atoms with Crippen LogP contribution < -0.4 is 9.46 Å². The highest BCUT2D eigenvalue weighted by Gasteiger charge is 2.32. The Morgan fingerprint density at radius 3 is 2.50 bits per heavy atom. The largest absolute Gasteiger partial charge is 0.482 e. The molecule has 0 saturated carbocycles. The van der Waals surface area contributed by atoms with Gasteiger partial charge in [-0.3, -0.25) is 14.4 Å². The lowest BCUT2D eigenvalue weighted by atomic mass is 10.1. The minimum Gasteiger partial charge on any atom is -0.482 e. The van der Waals surface area contributed by atoms with Gasteiger partial charge in [-0.05, 0) is 49.7 Å². The van der Waals surface area contributed by atoms with Gasteiger partial charge in [0.25, 0.3) is 5.91 Å². The van der Waals surface area contributed by atoms with E-state index in [4.69, 9.17) is 4.74 Å². The first-order valence-corrected chi connectivity index (χ1v) is 12.9. The molecule has 1 amide bonds. The number of nitrogens with zero attached hydrogens (tertiary/aromatic N) is 2. The highest BCUT2D eigenvalue weighted by molar-refractivity contribution is 9.10. The summed E-state index contributed by atoms with van der Waals surface area (Å²) < 4.78 is 45.2. The van der Waals surface area contributed by atoms with Crippen LogP contribution in [0.5, 0.6) is 5.75 Å². The van der Waals surface area contributed by atoms with E-state index < -0.39 is 10.0 Å². The van der Waals surface area contributed by atoms with Crippen LogP contribution in [0.15, 0.2) is 46.9 Å². The molecule has 1 aliphatic rings. The molecule has 0 aromatic heterocycles. The number of hydrogen-bond acceptors (Lipinski definition) is 5. The van der Waals surface area contributed by atoms with Gasteiger partial charge in [0.15, 0.2) is 6.61 Å². The Hall–Kier alpha value is -2.17. The van der Waals surface area contributed by atoms with Crippen molar-refractivity contribution in [3.63, 3.8) is 0 Å². The van der Waals surface area contributed by atoms with Crippen LogP contribution >= 0.6 is 15.9 Å². The van der Waals surface area contributed by atoms with E-state index in [-0.39, 0.29) is 41.9 Å². The topological polar surface area (TPSA) is 79.0 Å². The lowest BCUT2D eigenvalue weighted by molar-refractivity contribution is -0.139. The molecule has 1 saturated heterocycles. The number of ether oxygens (including phenoxy) is 1. The van der Waals surface area contributed by atoms with Gasteiger partial charge in [0.05, 0.1) is 11.9 Å². The molecule has 1 aliphatic heterocycles. The van der Waals surface area contributed by atoms with Gasteiger partial charge >= 0.3 is 0 Å². The molecule has 32 heavy (non-hydrogen) atoms. The second-order valence-electron chi connectivity index (χ2n) is 8.10. The van der Waals surface area contributed by atoms with Crippen LogP contribution in [0.2, 0.25) is 0 Å². The Kier molecular flexibility index (Phi) is 7.79. The summed E-state index contributed by atoms with van der Waals surface area (Å²) in [5.41, 5.74) is 1.29. The fraction of sp³-hybridized carbons (Fsp3) is 0.409. The summed E-state index contributed by atoms with van der Waals surface area (Å²) in [4.78, 5) is 16.9. The Labute approximate surface area is 196 Å². The summed E-state index contributed by atoms with van der Waals surface area (Å²) in [6.07, 6.45) is 1.05. The van der Waals surface area contributed by atoms with Crippen molar-refractivity contribution in [3.05, 3.63) is 58.3 Å². The van der Waals surface area contributed by atoms with Crippen LogP contribution in [0.4, 0.5) is 10.1 Å². The highest BCUT2D eigenvalue weighted by atomic mass is 79.9. The summed E-state index contributed by atoms with van der Waals surface area (Å²) in [6, 6.07) is 11.5. The monoisotopic (exact) mass is 527 g/mol. The van der Waals surface area contributed by atoms with Gasteiger partial charge in [-0.15, -0.1) is 0 Å². The first-order valence-electron chi connectivity index (χ1n) is 10.2. The fourth-order valence-corrected chi connectivity index (χ4v) is 4.64. The lowest BCUT2D eigenvalue weighted by Crippen LogP contribution is -2.58. The normalized spacial score (nSPS) is 19.6. The molecule has 2 aromatic rings. The predicted molar refractivity (Wildman–Crippen MR) is 126 cm³/mol. The molecular weight excluding hydrogens is 501 g/mol. The zero-order valence-corrected chi connectivity index (χ0v) is 20.6. The molecule has 2 atom stereocenters. The third kappa shape index (κ3) is 6.66. The average molecular weight is 528 g/mol. The number of halogens is 2. The van der Waals surface area contributed by atoms with Gasteiger partial charge in [-0.25, -0.2) is 12.8 Å². The molecule has 7 nitrogen and oxygen atoms in total. The summed E-state index contributed by atoms with van der Waals surface area (Å²) in [6.45, 7) is 5.75. The Morgan fingerprint density at radius 1 is 1.16 bits per heavy atom. The zero-order valence-electron chi connectivity index (χ0n) is 18.2. The van der Waals surface area contributed by atoms with Crippen LogP contribution in [-0.2, 0) is 21.4 Å². The number of benzene rings is 2. The van der Waals surface area contributed by atoms with E-state index >= 15 is 0 Å². The molecule has 0 spiro atoms. The molecule has 2 aromatic carbocycles. The third-order valence-electron chi connectivity index (χ3n) is 5.32. The number of anilines is 1. The minimum absolute atomic E-state index is 0.0266. The van der Waals surface area contributed by atoms with Crippen molar-refractivity contribution < 1.29 is 22.3 Å². The maximum absolute atomic E-state index is 13.2. The van der Waals surface area contributed by atoms with E-state index in [1.807, 2.05) is 6.92 Å². The van der Waals surface area contributed by atoms with Gasteiger partial charge < -0.3 is 9.64 Å². The van der Waals surface area contributed by atoms with Crippen molar-refractivity contribution in [3.8, 4) is 5.75 Å². The molecule has 0 aliphatic carbocycles. The maximum atomic E-state index is 13.2. The van der Waals surface area contributed by atoms with E-state index in [1.54, 1.807) is 35.2 Å². The summed E-state index contributed by atoms with van der Waals surface area (Å²) in [5.74, 6) is -0.145. The number of amides is 1. The van der Waals surface area contributed by atoms with Crippen LogP contribution in [-0.4, -0.2) is 62.2 Å². The smallest absolute Gasteiger partial charge is 0.260 e. The van der Waals surface area contributed by atoms with Crippen molar-refractivity contribution in [1.82, 2.24) is 9.80 Å². The van der Waals surface area contributed by atoms with Crippen molar-refractivity contribution in [2.75, 3.05) is 30.7 Å². The summed E-state index contributed by atoms with van der Waals surface area (Å²) >= 11 is 3.30. The van der Waals surface area contributed by atoms with Crippen LogP contribution in [0.25, 0.3) is 0 Å². The van der Waals surface area contributed by atoms with Crippen molar-refractivity contribution in [1.29, 1.82) is 0 Å². The molecule has 0 unspecified atom stereocenters. The molecule has 0 bridgehead atoms. The maximum Gasteiger partial charge on any atom is 0.260 e. The van der Waals surface area contributed by atoms with Gasteiger partial charge in [0.1, 0.15) is 11.6 Å². The molecule has 174 valence electrons. The van der Waals surface area contributed by atoms with Crippen molar-refractivity contribution in [2.24, 2.45) is 0 Å². The molecule has 1 fully saturated rings. The first-order chi connectivity index (χ1) is 15.0. The van der Waals surface area contributed by atoms with Crippen molar-refractivity contribution >= 4 is 37.5 Å². The average Bonchev–Trinajstić information content (AvgIpc) is 2.70. The summed E-state index contributed by atoms with van der Waals surface area (Å²) in [5, 5.41) is 0. The van der Waals surface area contributed by atoms with E-state index in [9.17, 15) is 17.6 Å². The van der Waals surface area contributed by atoms with Gasteiger partial charge in [0, 0.05) is 36.2 Å². The molecule has 3 rings (SSSR count). The first kappa shape index (κ1) is 24.5. The zero-order chi connectivity index (χ0) is 23.5. The molecule has 1 N–H and O–H groups in total. The van der Waals surface area contributed by atoms with Gasteiger partial charge in [-0.2, -0.15) is 0 Å². The Bertz CT molecular complexity index is 1070. The highest BCUT2D eigenvalue weighted by Crippen LogP contribution is 2.29. The summed E-state index contributed by atoms with van der Waals surface area (Å²) in [7, 11) is -3.50. The number of piperazine rings is 1. The minimum atomic E-state index is -3.50. The third-order valence-corrected chi connectivity index (χ3v) is 6.41. The molecule has 1 heterocycles.